The quantitative estimate of drug-likeness (QED) is 0.808. The molecule has 1 fully saturated rings. The number of anilines is 1. The van der Waals surface area contributed by atoms with Crippen molar-refractivity contribution >= 4 is 33.4 Å². The molecule has 0 saturated carbocycles. The summed E-state index contributed by atoms with van der Waals surface area (Å²) in [6.45, 7) is 1.59. The van der Waals surface area contributed by atoms with E-state index in [1.165, 1.54) is 16.1 Å². The van der Waals surface area contributed by atoms with Gasteiger partial charge in [0, 0.05) is 18.0 Å². The molecule has 0 spiro atoms. The zero-order chi connectivity index (χ0) is 18.1. The van der Waals surface area contributed by atoms with Gasteiger partial charge in [0.1, 0.15) is 0 Å². The zero-order valence-electron chi connectivity index (χ0n) is 14.3. The van der Waals surface area contributed by atoms with Gasteiger partial charge in [0.2, 0.25) is 15.9 Å². The minimum absolute atomic E-state index is 0.00192. The number of fused-ring (bicyclic) bond motifs is 1. The number of carbonyl (C=O) groups is 1. The molecule has 0 aromatic heterocycles. The Balaban J connectivity index is 1.71. The summed E-state index contributed by atoms with van der Waals surface area (Å²) in [6, 6.07) is 14.9. The van der Waals surface area contributed by atoms with Gasteiger partial charge >= 0.3 is 0 Å². The number of nitrogens with zero attached hydrogens (tertiary/aromatic N) is 2. The van der Waals surface area contributed by atoms with Crippen molar-refractivity contribution in [3.05, 3.63) is 54.1 Å². The second-order valence-electron chi connectivity index (χ2n) is 6.49. The summed E-state index contributed by atoms with van der Waals surface area (Å²) in [5.74, 6) is 0.375. The van der Waals surface area contributed by atoms with Crippen molar-refractivity contribution in [3.8, 4) is 0 Å². The van der Waals surface area contributed by atoms with E-state index in [4.69, 9.17) is 0 Å². The van der Waals surface area contributed by atoms with E-state index >= 15 is 0 Å². The first-order chi connectivity index (χ1) is 12.6. The molecule has 26 heavy (non-hydrogen) atoms. The standard InChI is InChI=1S/C19H20N2O3S2/c22-19-14-25-18-9-8-16(26(23,24)20-10-4-5-11-20)12-17(18)21(19)13-15-6-2-1-3-7-15/h1-3,6-9,12H,4-5,10-11,13-14H2. The van der Waals surface area contributed by atoms with E-state index in [0.717, 1.165) is 23.3 Å². The summed E-state index contributed by atoms with van der Waals surface area (Å²) in [4.78, 5) is 15.4. The van der Waals surface area contributed by atoms with E-state index in [2.05, 4.69) is 0 Å². The van der Waals surface area contributed by atoms with Crippen LogP contribution in [-0.4, -0.2) is 37.5 Å². The number of sulfonamides is 1. The normalized spacial score (nSPS) is 18.2. The molecule has 1 amide bonds. The lowest BCUT2D eigenvalue weighted by Crippen LogP contribution is -2.35. The van der Waals surface area contributed by atoms with Crippen molar-refractivity contribution in [3.63, 3.8) is 0 Å². The molecule has 0 radical (unpaired) electrons. The van der Waals surface area contributed by atoms with Crippen LogP contribution in [0.25, 0.3) is 0 Å². The lowest BCUT2D eigenvalue weighted by atomic mass is 10.2. The molecule has 0 N–H and O–H groups in total. The number of benzene rings is 2. The first-order valence-corrected chi connectivity index (χ1v) is 11.1. The highest BCUT2D eigenvalue weighted by molar-refractivity contribution is 8.00. The summed E-state index contributed by atoms with van der Waals surface area (Å²) in [5.41, 5.74) is 1.71. The van der Waals surface area contributed by atoms with Crippen molar-refractivity contribution in [2.45, 2.75) is 29.2 Å². The number of rotatable bonds is 4. The lowest BCUT2D eigenvalue weighted by molar-refractivity contribution is -0.116. The van der Waals surface area contributed by atoms with Crippen LogP contribution in [0.3, 0.4) is 0 Å². The third-order valence-corrected chi connectivity index (χ3v) is 7.70. The zero-order valence-corrected chi connectivity index (χ0v) is 15.9. The van der Waals surface area contributed by atoms with E-state index in [0.29, 0.717) is 31.1 Å². The van der Waals surface area contributed by atoms with Gasteiger partial charge in [-0.15, -0.1) is 11.8 Å². The Morgan fingerprint density at radius 3 is 2.46 bits per heavy atom. The Hall–Kier alpha value is -1.83. The third kappa shape index (κ3) is 3.26. The molecule has 2 heterocycles. The lowest BCUT2D eigenvalue weighted by Gasteiger charge is -2.30. The van der Waals surface area contributed by atoms with Crippen LogP contribution in [0.5, 0.6) is 0 Å². The molecular weight excluding hydrogens is 368 g/mol. The molecule has 0 unspecified atom stereocenters. The van der Waals surface area contributed by atoms with Crippen molar-refractivity contribution in [1.82, 2.24) is 4.31 Å². The molecule has 136 valence electrons. The first-order valence-electron chi connectivity index (χ1n) is 8.67. The predicted octanol–water partition coefficient (Wildman–Crippen LogP) is 3.11. The Labute approximate surface area is 158 Å². The molecule has 2 aromatic carbocycles. The van der Waals surface area contributed by atoms with Gasteiger partial charge in [-0.1, -0.05) is 30.3 Å². The SMILES string of the molecule is O=C1CSc2ccc(S(=O)(=O)N3CCCC3)cc2N1Cc1ccccc1. The highest BCUT2D eigenvalue weighted by Gasteiger charge is 2.31. The number of hydrogen-bond donors (Lipinski definition) is 0. The van der Waals surface area contributed by atoms with Gasteiger partial charge in [0.05, 0.1) is 22.9 Å². The summed E-state index contributed by atoms with van der Waals surface area (Å²) < 4.78 is 27.3. The number of hydrogen-bond acceptors (Lipinski definition) is 4. The largest absolute Gasteiger partial charge is 0.306 e. The fraction of sp³-hybridized carbons (Fsp3) is 0.316. The average Bonchev–Trinajstić information content (AvgIpc) is 3.20. The molecule has 2 aromatic rings. The van der Waals surface area contributed by atoms with Gasteiger partial charge in [-0.3, -0.25) is 4.79 Å². The Kier molecular flexibility index (Phi) is 4.77. The third-order valence-electron chi connectivity index (χ3n) is 4.76. The van der Waals surface area contributed by atoms with Crippen molar-refractivity contribution in [1.29, 1.82) is 0 Å². The maximum atomic E-state index is 12.9. The summed E-state index contributed by atoms with van der Waals surface area (Å²) >= 11 is 1.46. The molecule has 2 aliphatic rings. The van der Waals surface area contributed by atoms with Gasteiger partial charge in [-0.25, -0.2) is 8.42 Å². The van der Waals surface area contributed by atoms with Gasteiger partial charge in [0.15, 0.2) is 0 Å². The van der Waals surface area contributed by atoms with E-state index in [-0.39, 0.29) is 10.8 Å². The Morgan fingerprint density at radius 1 is 1.00 bits per heavy atom. The average molecular weight is 389 g/mol. The van der Waals surface area contributed by atoms with Crippen LogP contribution in [0.15, 0.2) is 58.3 Å². The van der Waals surface area contributed by atoms with E-state index in [1.807, 2.05) is 36.4 Å². The van der Waals surface area contributed by atoms with Crippen LogP contribution in [0.2, 0.25) is 0 Å². The maximum Gasteiger partial charge on any atom is 0.243 e. The molecular formula is C19H20N2O3S2. The highest BCUT2D eigenvalue weighted by Crippen LogP contribution is 2.38. The van der Waals surface area contributed by atoms with Crippen LogP contribution in [0, 0.1) is 0 Å². The number of thioether (sulfide) groups is 1. The van der Waals surface area contributed by atoms with Crippen LogP contribution in [0.1, 0.15) is 18.4 Å². The second-order valence-corrected chi connectivity index (χ2v) is 9.45. The molecule has 5 nitrogen and oxygen atoms in total. The molecule has 0 atom stereocenters. The van der Waals surface area contributed by atoms with Gasteiger partial charge < -0.3 is 4.90 Å². The van der Waals surface area contributed by atoms with Crippen LogP contribution >= 0.6 is 11.8 Å². The molecule has 7 heteroatoms. The van der Waals surface area contributed by atoms with E-state index in [9.17, 15) is 13.2 Å². The van der Waals surface area contributed by atoms with Gasteiger partial charge in [-0.2, -0.15) is 4.31 Å². The van der Waals surface area contributed by atoms with Crippen LogP contribution in [-0.2, 0) is 21.4 Å². The van der Waals surface area contributed by atoms with Crippen molar-refractivity contribution < 1.29 is 13.2 Å². The monoisotopic (exact) mass is 388 g/mol. The van der Waals surface area contributed by atoms with Gasteiger partial charge in [-0.05, 0) is 36.6 Å². The predicted molar refractivity (Wildman–Crippen MR) is 103 cm³/mol. The molecule has 4 rings (SSSR count). The van der Waals surface area contributed by atoms with Crippen molar-refractivity contribution in [2.75, 3.05) is 23.7 Å². The van der Waals surface area contributed by atoms with Crippen LogP contribution < -0.4 is 4.90 Å². The maximum absolute atomic E-state index is 12.9. The first kappa shape index (κ1) is 17.6. The number of carbonyl (C=O) groups excluding carboxylic acids is 1. The smallest absolute Gasteiger partial charge is 0.243 e. The summed E-state index contributed by atoms with van der Waals surface area (Å²) in [5, 5.41) is 0. The summed E-state index contributed by atoms with van der Waals surface area (Å²) in [7, 11) is -3.50. The minimum Gasteiger partial charge on any atom is -0.306 e. The fourth-order valence-electron chi connectivity index (χ4n) is 3.36. The van der Waals surface area contributed by atoms with Crippen LogP contribution in [0.4, 0.5) is 5.69 Å². The summed E-state index contributed by atoms with van der Waals surface area (Å²) in [6.07, 6.45) is 1.80. The topological polar surface area (TPSA) is 57.7 Å². The Morgan fingerprint density at radius 2 is 1.73 bits per heavy atom. The molecule has 2 aliphatic heterocycles. The molecule has 0 aliphatic carbocycles. The Bertz CT molecular complexity index is 923. The second kappa shape index (κ2) is 7.06. The van der Waals surface area contributed by atoms with Gasteiger partial charge in [0.25, 0.3) is 0 Å². The molecule has 1 saturated heterocycles. The fourth-order valence-corrected chi connectivity index (χ4v) is 5.81. The highest BCUT2D eigenvalue weighted by atomic mass is 32.2. The minimum atomic E-state index is -3.50. The molecule has 0 bridgehead atoms. The van der Waals surface area contributed by atoms with Crippen molar-refractivity contribution in [2.24, 2.45) is 0 Å². The number of amides is 1. The van der Waals surface area contributed by atoms with E-state index < -0.39 is 10.0 Å². The van der Waals surface area contributed by atoms with E-state index in [1.54, 1.807) is 17.0 Å².